The number of hydrogen-bond acceptors (Lipinski definition) is 4. The van der Waals surface area contributed by atoms with Gasteiger partial charge >= 0.3 is 0 Å². The van der Waals surface area contributed by atoms with E-state index < -0.39 is 10.0 Å². The lowest BCUT2D eigenvalue weighted by molar-refractivity contribution is 0.313. The minimum absolute atomic E-state index is 0.0385. The van der Waals surface area contributed by atoms with Crippen LogP contribution in [-0.2, 0) is 16.4 Å². The van der Waals surface area contributed by atoms with Crippen molar-refractivity contribution in [3.63, 3.8) is 0 Å². The lowest BCUT2D eigenvalue weighted by Gasteiger charge is -2.19. The molecular formula is C16H19NO3S2. The first kappa shape index (κ1) is 15.5. The summed E-state index contributed by atoms with van der Waals surface area (Å²) in [6.45, 7) is 4.42. The fraction of sp³-hybridized carbons (Fsp3) is 0.375. The van der Waals surface area contributed by atoms with Gasteiger partial charge in [0, 0.05) is 22.4 Å². The second kappa shape index (κ2) is 6.02. The Labute approximate surface area is 135 Å². The van der Waals surface area contributed by atoms with E-state index >= 15 is 0 Å². The van der Waals surface area contributed by atoms with Crippen LogP contribution in [0.2, 0.25) is 0 Å². The van der Waals surface area contributed by atoms with Crippen LogP contribution in [0.1, 0.15) is 30.2 Å². The smallest absolute Gasteiger partial charge is 0.250 e. The van der Waals surface area contributed by atoms with Gasteiger partial charge < -0.3 is 4.74 Å². The predicted molar refractivity (Wildman–Crippen MR) is 88.2 cm³/mol. The molecule has 2 atom stereocenters. The zero-order valence-electron chi connectivity index (χ0n) is 12.6. The molecule has 1 aliphatic rings. The number of benzene rings is 1. The van der Waals surface area contributed by atoms with Crippen molar-refractivity contribution in [2.75, 3.05) is 6.61 Å². The number of aryl methyl sites for hydroxylation is 1. The van der Waals surface area contributed by atoms with Gasteiger partial charge in [0.2, 0.25) is 10.0 Å². The van der Waals surface area contributed by atoms with Gasteiger partial charge in [-0.25, -0.2) is 13.1 Å². The Bertz CT molecular complexity index is 767. The third kappa shape index (κ3) is 2.91. The molecule has 118 valence electrons. The van der Waals surface area contributed by atoms with Crippen molar-refractivity contribution >= 4 is 21.4 Å². The summed E-state index contributed by atoms with van der Waals surface area (Å²) >= 11 is 1.33. The van der Waals surface area contributed by atoms with E-state index in [4.69, 9.17) is 4.74 Å². The normalized spacial score (nSPS) is 18.7. The lowest BCUT2D eigenvalue weighted by atomic mass is 9.95. The molecule has 1 aromatic heterocycles. The molecule has 2 unspecified atom stereocenters. The average Bonchev–Trinajstić information content (AvgIpc) is 3.14. The van der Waals surface area contributed by atoms with Gasteiger partial charge in [-0.15, -0.1) is 11.3 Å². The standard InChI is InChI=1S/C16H19NO3S2/c1-3-12-8-9-16(21-12)22(18,19)17-11(2)14-10-20-15-7-5-4-6-13(14)15/h4-9,11,14,17H,3,10H2,1-2H3. The molecule has 22 heavy (non-hydrogen) atoms. The largest absolute Gasteiger partial charge is 0.493 e. The highest BCUT2D eigenvalue weighted by Crippen LogP contribution is 2.36. The summed E-state index contributed by atoms with van der Waals surface area (Å²) < 4.78 is 33.8. The van der Waals surface area contributed by atoms with Gasteiger partial charge in [-0.3, -0.25) is 0 Å². The number of thiophene rings is 1. The average molecular weight is 337 g/mol. The van der Waals surface area contributed by atoms with Crippen LogP contribution in [0.3, 0.4) is 0 Å². The first-order valence-corrected chi connectivity index (χ1v) is 9.64. The topological polar surface area (TPSA) is 55.4 Å². The molecule has 0 spiro atoms. The van der Waals surface area contributed by atoms with Gasteiger partial charge in [0.25, 0.3) is 0 Å². The van der Waals surface area contributed by atoms with Gasteiger partial charge in [0.05, 0.1) is 6.61 Å². The highest BCUT2D eigenvalue weighted by atomic mass is 32.2. The number of rotatable bonds is 5. The highest BCUT2D eigenvalue weighted by Gasteiger charge is 2.31. The molecule has 2 aromatic rings. The van der Waals surface area contributed by atoms with Gasteiger partial charge in [-0.2, -0.15) is 0 Å². The van der Waals surface area contributed by atoms with E-state index in [0.29, 0.717) is 10.8 Å². The van der Waals surface area contributed by atoms with Gasteiger partial charge in [-0.05, 0) is 31.5 Å². The fourth-order valence-electron chi connectivity index (χ4n) is 2.68. The molecule has 0 radical (unpaired) electrons. The third-order valence-electron chi connectivity index (χ3n) is 3.93. The van der Waals surface area contributed by atoms with Crippen LogP contribution < -0.4 is 9.46 Å². The Morgan fingerprint density at radius 1 is 1.32 bits per heavy atom. The number of ether oxygens (including phenoxy) is 1. The van der Waals surface area contributed by atoms with Gasteiger partial charge in [0.1, 0.15) is 9.96 Å². The fourth-order valence-corrected chi connectivity index (χ4v) is 5.28. The molecule has 0 bridgehead atoms. The number of fused-ring (bicyclic) bond motifs is 1. The van der Waals surface area contributed by atoms with Crippen LogP contribution in [0.15, 0.2) is 40.6 Å². The molecule has 0 fully saturated rings. The number of sulfonamides is 1. The van der Waals surface area contributed by atoms with Crippen molar-refractivity contribution in [1.29, 1.82) is 0 Å². The number of hydrogen-bond donors (Lipinski definition) is 1. The Balaban J connectivity index is 1.78. The molecule has 6 heteroatoms. The summed E-state index contributed by atoms with van der Waals surface area (Å²) in [5.74, 6) is 0.888. The van der Waals surface area contributed by atoms with Crippen LogP contribution in [0.4, 0.5) is 0 Å². The zero-order valence-corrected chi connectivity index (χ0v) is 14.2. The van der Waals surface area contributed by atoms with Crippen LogP contribution in [0.25, 0.3) is 0 Å². The molecule has 1 N–H and O–H groups in total. The van der Waals surface area contributed by atoms with Crippen molar-refractivity contribution in [2.45, 2.75) is 36.4 Å². The van der Waals surface area contributed by atoms with E-state index in [1.807, 2.05) is 44.2 Å². The summed E-state index contributed by atoms with van der Waals surface area (Å²) in [5.41, 5.74) is 1.07. The van der Waals surface area contributed by atoms with E-state index in [1.165, 1.54) is 11.3 Å². The summed E-state index contributed by atoms with van der Waals surface area (Å²) in [5, 5.41) is 0. The van der Waals surface area contributed by atoms with Crippen LogP contribution in [-0.4, -0.2) is 21.1 Å². The maximum absolute atomic E-state index is 12.5. The Morgan fingerprint density at radius 2 is 2.09 bits per heavy atom. The van der Waals surface area contributed by atoms with E-state index in [2.05, 4.69) is 4.72 Å². The van der Waals surface area contributed by atoms with Gasteiger partial charge in [-0.1, -0.05) is 25.1 Å². The van der Waals surface area contributed by atoms with Crippen LogP contribution in [0, 0.1) is 0 Å². The molecule has 0 amide bonds. The molecule has 4 nitrogen and oxygen atoms in total. The minimum Gasteiger partial charge on any atom is -0.493 e. The number of nitrogens with one attached hydrogen (secondary N) is 1. The van der Waals surface area contributed by atoms with Crippen molar-refractivity contribution in [3.8, 4) is 5.75 Å². The van der Waals surface area contributed by atoms with E-state index in [-0.39, 0.29) is 12.0 Å². The third-order valence-corrected chi connectivity index (χ3v) is 7.21. The van der Waals surface area contributed by atoms with E-state index in [9.17, 15) is 8.42 Å². The first-order chi connectivity index (χ1) is 10.5. The van der Waals surface area contributed by atoms with Crippen LogP contribution >= 0.6 is 11.3 Å². The van der Waals surface area contributed by atoms with Crippen molar-refractivity contribution in [1.82, 2.24) is 4.72 Å². The molecule has 0 saturated heterocycles. The lowest BCUT2D eigenvalue weighted by Crippen LogP contribution is -2.37. The van der Waals surface area contributed by atoms with E-state index in [1.54, 1.807) is 6.07 Å². The summed E-state index contributed by atoms with van der Waals surface area (Å²) in [4.78, 5) is 1.07. The summed E-state index contributed by atoms with van der Waals surface area (Å²) in [6, 6.07) is 11.1. The second-order valence-electron chi connectivity index (χ2n) is 5.44. The molecule has 1 aliphatic heterocycles. The SMILES string of the molecule is CCc1ccc(S(=O)(=O)NC(C)C2COc3ccccc32)s1. The Morgan fingerprint density at radius 3 is 2.82 bits per heavy atom. The molecule has 1 aromatic carbocycles. The molecule has 2 heterocycles. The Kier molecular flexibility index (Phi) is 4.25. The maximum Gasteiger partial charge on any atom is 0.250 e. The Hall–Kier alpha value is -1.37. The summed E-state index contributed by atoms with van der Waals surface area (Å²) in [7, 11) is -3.48. The maximum atomic E-state index is 12.5. The number of para-hydroxylation sites is 1. The molecule has 0 aliphatic carbocycles. The zero-order chi connectivity index (χ0) is 15.7. The van der Waals surface area contributed by atoms with Crippen LogP contribution in [0.5, 0.6) is 5.75 Å². The van der Waals surface area contributed by atoms with Gasteiger partial charge in [0.15, 0.2) is 0 Å². The molecule has 0 saturated carbocycles. The second-order valence-corrected chi connectivity index (χ2v) is 8.55. The monoisotopic (exact) mass is 337 g/mol. The molecular weight excluding hydrogens is 318 g/mol. The summed E-state index contributed by atoms with van der Waals surface area (Å²) in [6.07, 6.45) is 0.847. The van der Waals surface area contributed by atoms with Crippen molar-refractivity contribution < 1.29 is 13.2 Å². The first-order valence-electron chi connectivity index (χ1n) is 7.34. The highest BCUT2D eigenvalue weighted by molar-refractivity contribution is 7.91. The molecule has 3 rings (SSSR count). The van der Waals surface area contributed by atoms with Crippen molar-refractivity contribution in [2.24, 2.45) is 0 Å². The minimum atomic E-state index is -3.48. The predicted octanol–water partition coefficient (Wildman–Crippen LogP) is 3.15. The van der Waals surface area contributed by atoms with Crippen molar-refractivity contribution in [3.05, 3.63) is 46.8 Å². The quantitative estimate of drug-likeness (QED) is 0.912. The van der Waals surface area contributed by atoms with E-state index in [0.717, 1.165) is 22.6 Å².